The number of piperidine rings is 1. The molecule has 0 spiro atoms. The Bertz CT molecular complexity index is 505. The van der Waals surface area contributed by atoms with Crippen molar-refractivity contribution in [2.75, 3.05) is 31.3 Å². The number of fused-ring (bicyclic) bond motifs is 2. The van der Waals surface area contributed by atoms with Crippen LogP contribution in [0.25, 0.3) is 0 Å². The second-order valence-electron chi connectivity index (χ2n) is 6.18. The second kappa shape index (κ2) is 4.85. The van der Waals surface area contributed by atoms with Crippen molar-refractivity contribution in [2.45, 2.75) is 38.3 Å². The van der Waals surface area contributed by atoms with Gasteiger partial charge in [0.05, 0.1) is 0 Å². The van der Waals surface area contributed by atoms with Gasteiger partial charge in [0.15, 0.2) is 11.5 Å². The van der Waals surface area contributed by atoms with Crippen LogP contribution in [0.15, 0.2) is 18.2 Å². The van der Waals surface area contributed by atoms with Gasteiger partial charge in [-0.25, -0.2) is 0 Å². The minimum atomic E-state index is 0.352. The summed E-state index contributed by atoms with van der Waals surface area (Å²) in [7, 11) is 0. The third-order valence-electron chi connectivity index (χ3n) is 4.88. The molecular weight excluding hydrogens is 252 g/mol. The number of hydrogen-bond donors (Lipinski definition) is 0. The summed E-state index contributed by atoms with van der Waals surface area (Å²) in [6.45, 7) is 6.28. The van der Waals surface area contributed by atoms with Crippen LogP contribution in [-0.4, -0.2) is 43.4 Å². The van der Waals surface area contributed by atoms with Crippen molar-refractivity contribution in [1.82, 2.24) is 4.90 Å². The minimum absolute atomic E-state index is 0.352. The highest BCUT2D eigenvalue weighted by Gasteiger charge is 2.33. The van der Waals surface area contributed by atoms with Gasteiger partial charge in [-0.15, -0.1) is 0 Å². The third-order valence-corrected chi connectivity index (χ3v) is 4.88. The number of ether oxygens (including phenoxy) is 2. The van der Waals surface area contributed by atoms with Crippen LogP contribution in [0.5, 0.6) is 11.5 Å². The zero-order chi connectivity index (χ0) is 13.5. The predicted molar refractivity (Wildman–Crippen MR) is 78.6 cm³/mol. The summed E-state index contributed by atoms with van der Waals surface area (Å²) >= 11 is 0. The molecule has 4 rings (SSSR count). The van der Waals surface area contributed by atoms with E-state index in [4.69, 9.17) is 9.47 Å². The Kier molecular flexibility index (Phi) is 2.99. The van der Waals surface area contributed by atoms with E-state index in [-0.39, 0.29) is 0 Å². The molecule has 2 fully saturated rings. The van der Waals surface area contributed by atoms with Gasteiger partial charge >= 0.3 is 0 Å². The zero-order valence-electron chi connectivity index (χ0n) is 12.0. The van der Waals surface area contributed by atoms with Gasteiger partial charge in [0, 0.05) is 36.9 Å². The Morgan fingerprint density at radius 2 is 2.00 bits per heavy atom. The average Bonchev–Trinajstić information content (AvgIpc) is 2.94. The maximum Gasteiger partial charge on any atom is 0.231 e. The molecule has 2 unspecified atom stereocenters. The van der Waals surface area contributed by atoms with Crippen LogP contribution < -0.4 is 14.4 Å². The number of piperazine rings is 1. The van der Waals surface area contributed by atoms with Gasteiger partial charge in [-0.3, -0.25) is 4.90 Å². The number of nitrogens with zero attached hydrogens (tertiary/aromatic N) is 2. The van der Waals surface area contributed by atoms with Crippen LogP contribution >= 0.6 is 0 Å². The Hall–Kier alpha value is -1.42. The summed E-state index contributed by atoms with van der Waals surface area (Å²) in [5, 5.41) is 0. The highest BCUT2D eigenvalue weighted by molar-refractivity contribution is 5.58. The van der Waals surface area contributed by atoms with E-state index in [0.717, 1.165) is 24.1 Å². The first kappa shape index (κ1) is 12.3. The van der Waals surface area contributed by atoms with Crippen molar-refractivity contribution < 1.29 is 9.47 Å². The second-order valence-corrected chi connectivity index (χ2v) is 6.18. The van der Waals surface area contributed by atoms with E-state index in [1.165, 1.54) is 38.0 Å². The summed E-state index contributed by atoms with van der Waals surface area (Å²) in [6, 6.07) is 7.63. The standard InChI is InChI=1S/C16H22N2O2/c1-12-9-17-7-3-2-4-14(17)10-18(12)13-5-6-15-16(8-13)20-11-19-15/h5-6,8,12,14H,2-4,7,9-11H2,1H3. The fourth-order valence-corrected chi connectivity index (χ4v) is 3.78. The minimum Gasteiger partial charge on any atom is -0.454 e. The summed E-state index contributed by atoms with van der Waals surface area (Å²) in [5.41, 5.74) is 1.27. The van der Waals surface area contributed by atoms with Crippen molar-refractivity contribution in [2.24, 2.45) is 0 Å². The molecule has 108 valence electrons. The Balaban J connectivity index is 1.58. The van der Waals surface area contributed by atoms with E-state index >= 15 is 0 Å². The van der Waals surface area contributed by atoms with E-state index in [2.05, 4.69) is 28.9 Å². The molecule has 0 bridgehead atoms. The van der Waals surface area contributed by atoms with E-state index in [0.29, 0.717) is 12.8 Å². The van der Waals surface area contributed by atoms with Crippen LogP contribution in [-0.2, 0) is 0 Å². The highest BCUT2D eigenvalue weighted by Crippen LogP contribution is 2.37. The molecular formula is C16H22N2O2. The van der Waals surface area contributed by atoms with Crippen molar-refractivity contribution in [3.8, 4) is 11.5 Å². The molecule has 0 radical (unpaired) electrons. The summed E-state index contributed by atoms with van der Waals surface area (Å²) in [5.74, 6) is 1.76. The highest BCUT2D eigenvalue weighted by atomic mass is 16.7. The Morgan fingerprint density at radius 3 is 2.95 bits per heavy atom. The molecule has 1 aromatic rings. The quantitative estimate of drug-likeness (QED) is 0.785. The lowest BCUT2D eigenvalue weighted by Crippen LogP contribution is -2.58. The van der Waals surface area contributed by atoms with Crippen molar-refractivity contribution in [3.05, 3.63) is 18.2 Å². The van der Waals surface area contributed by atoms with E-state index in [9.17, 15) is 0 Å². The van der Waals surface area contributed by atoms with Gasteiger partial charge < -0.3 is 14.4 Å². The Labute approximate surface area is 120 Å². The lowest BCUT2D eigenvalue weighted by Gasteiger charge is -2.48. The number of hydrogen-bond acceptors (Lipinski definition) is 4. The van der Waals surface area contributed by atoms with Crippen molar-refractivity contribution in [1.29, 1.82) is 0 Å². The van der Waals surface area contributed by atoms with Crippen LogP contribution in [0.2, 0.25) is 0 Å². The molecule has 2 saturated heterocycles. The van der Waals surface area contributed by atoms with Gasteiger partial charge in [0.2, 0.25) is 6.79 Å². The van der Waals surface area contributed by atoms with Crippen LogP contribution in [0.1, 0.15) is 26.2 Å². The molecule has 0 amide bonds. The number of benzene rings is 1. The topological polar surface area (TPSA) is 24.9 Å². The SMILES string of the molecule is CC1CN2CCCCC2CN1c1ccc2c(c1)OCO2. The Morgan fingerprint density at radius 1 is 1.10 bits per heavy atom. The van der Waals surface area contributed by atoms with Crippen LogP contribution in [0.3, 0.4) is 0 Å². The van der Waals surface area contributed by atoms with Crippen LogP contribution in [0, 0.1) is 0 Å². The molecule has 2 atom stereocenters. The maximum atomic E-state index is 5.51. The molecule has 4 heteroatoms. The molecule has 1 aromatic carbocycles. The largest absolute Gasteiger partial charge is 0.454 e. The summed E-state index contributed by atoms with van der Waals surface area (Å²) in [6.07, 6.45) is 4.09. The molecule has 0 saturated carbocycles. The number of rotatable bonds is 1. The summed E-state index contributed by atoms with van der Waals surface area (Å²) in [4.78, 5) is 5.21. The molecule has 3 heterocycles. The fraction of sp³-hybridized carbons (Fsp3) is 0.625. The first-order valence-corrected chi connectivity index (χ1v) is 7.71. The zero-order valence-corrected chi connectivity index (χ0v) is 12.0. The molecule has 0 aromatic heterocycles. The third kappa shape index (κ3) is 2.03. The van der Waals surface area contributed by atoms with Crippen molar-refractivity contribution >= 4 is 5.69 Å². The fourth-order valence-electron chi connectivity index (χ4n) is 3.78. The average molecular weight is 274 g/mol. The van der Waals surface area contributed by atoms with Gasteiger partial charge in [-0.2, -0.15) is 0 Å². The van der Waals surface area contributed by atoms with E-state index < -0.39 is 0 Å². The van der Waals surface area contributed by atoms with Crippen molar-refractivity contribution in [3.63, 3.8) is 0 Å². The molecule has 3 aliphatic heterocycles. The maximum absolute atomic E-state index is 5.51. The number of anilines is 1. The van der Waals surface area contributed by atoms with Gasteiger partial charge in [-0.05, 0) is 38.4 Å². The monoisotopic (exact) mass is 274 g/mol. The molecule has 4 nitrogen and oxygen atoms in total. The van der Waals surface area contributed by atoms with Crippen LogP contribution in [0.4, 0.5) is 5.69 Å². The first-order chi connectivity index (χ1) is 9.81. The first-order valence-electron chi connectivity index (χ1n) is 7.71. The van der Waals surface area contributed by atoms with Gasteiger partial charge in [-0.1, -0.05) is 6.42 Å². The summed E-state index contributed by atoms with van der Waals surface area (Å²) < 4.78 is 10.9. The van der Waals surface area contributed by atoms with E-state index in [1.807, 2.05) is 6.07 Å². The molecule has 0 aliphatic carbocycles. The van der Waals surface area contributed by atoms with Gasteiger partial charge in [0.1, 0.15) is 0 Å². The molecule has 0 N–H and O–H groups in total. The smallest absolute Gasteiger partial charge is 0.231 e. The lowest BCUT2D eigenvalue weighted by molar-refractivity contribution is 0.115. The normalized spacial score (nSPS) is 29.4. The molecule has 20 heavy (non-hydrogen) atoms. The lowest BCUT2D eigenvalue weighted by atomic mass is 9.96. The predicted octanol–water partition coefficient (Wildman–Crippen LogP) is 2.48. The van der Waals surface area contributed by atoms with E-state index in [1.54, 1.807) is 0 Å². The molecule has 3 aliphatic rings. The van der Waals surface area contributed by atoms with Gasteiger partial charge in [0.25, 0.3) is 0 Å².